The molecule has 0 amide bonds. The number of Topliss-reactive ketones (excluding diaryl/α,β-unsaturated/α-hetero) is 1. The van der Waals surface area contributed by atoms with Crippen LogP contribution in [0, 0.1) is 12.3 Å². The van der Waals surface area contributed by atoms with Crippen molar-refractivity contribution in [2.75, 3.05) is 7.11 Å². The summed E-state index contributed by atoms with van der Waals surface area (Å²) in [5.74, 6) is 0.966. The van der Waals surface area contributed by atoms with Gasteiger partial charge in [0.15, 0.2) is 5.78 Å². The maximum Gasteiger partial charge on any atom is 0.172 e. The van der Waals surface area contributed by atoms with Gasteiger partial charge in [0.1, 0.15) is 5.75 Å². The van der Waals surface area contributed by atoms with E-state index in [9.17, 15) is 9.90 Å². The molecule has 1 N–H and O–H groups in total. The number of ether oxygens (including phenoxy) is 1. The number of methoxy groups -OCH3 is 1. The standard InChI is InChI=1S/C16H22O3/c1-8(2)10-7-11(19-6)9(3)12-13(10)15(18)16(4,5)14(12)17/h7-8,15,18H,1-6H3. The molecule has 0 bridgehead atoms. The number of fused-ring (bicyclic) bond motifs is 1. The van der Waals surface area contributed by atoms with Gasteiger partial charge in [0.2, 0.25) is 0 Å². The summed E-state index contributed by atoms with van der Waals surface area (Å²) in [6, 6.07) is 1.96. The van der Waals surface area contributed by atoms with E-state index in [1.54, 1.807) is 21.0 Å². The van der Waals surface area contributed by atoms with E-state index in [-0.39, 0.29) is 11.7 Å². The third-order valence-electron chi connectivity index (χ3n) is 4.22. The van der Waals surface area contributed by atoms with Gasteiger partial charge in [-0.25, -0.2) is 0 Å². The van der Waals surface area contributed by atoms with Crippen LogP contribution in [0.3, 0.4) is 0 Å². The number of benzene rings is 1. The lowest BCUT2D eigenvalue weighted by Gasteiger charge is -2.22. The zero-order valence-corrected chi connectivity index (χ0v) is 12.5. The van der Waals surface area contributed by atoms with Crippen molar-refractivity contribution in [1.82, 2.24) is 0 Å². The van der Waals surface area contributed by atoms with Gasteiger partial charge in [-0.2, -0.15) is 0 Å². The van der Waals surface area contributed by atoms with Crippen molar-refractivity contribution in [2.24, 2.45) is 5.41 Å². The molecule has 104 valence electrons. The second-order valence-corrected chi connectivity index (χ2v) is 6.19. The maximum atomic E-state index is 12.6. The zero-order valence-electron chi connectivity index (χ0n) is 12.5. The fourth-order valence-corrected chi connectivity index (χ4v) is 2.88. The lowest BCUT2D eigenvalue weighted by atomic mass is 9.85. The third kappa shape index (κ3) is 1.79. The van der Waals surface area contributed by atoms with E-state index >= 15 is 0 Å². The van der Waals surface area contributed by atoms with Crippen LogP contribution in [0.5, 0.6) is 5.75 Å². The van der Waals surface area contributed by atoms with E-state index < -0.39 is 11.5 Å². The summed E-state index contributed by atoms with van der Waals surface area (Å²) in [5.41, 5.74) is 2.52. The monoisotopic (exact) mass is 262 g/mol. The van der Waals surface area contributed by atoms with Gasteiger partial charge in [0.05, 0.1) is 18.6 Å². The quantitative estimate of drug-likeness (QED) is 0.888. The zero-order chi connectivity index (χ0) is 14.5. The Kier molecular flexibility index (Phi) is 3.21. The SMILES string of the molecule is COc1cc(C(C)C)c2c(c1C)C(=O)C(C)(C)C2O. The normalized spacial score (nSPS) is 20.8. The van der Waals surface area contributed by atoms with Gasteiger partial charge in [-0.1, -0.05) is 13.8 Å². The number of carbonyl (C=O) groups is 1. The van der Waals surface area contributed by atoms with Crippen molar-refractivity contribution in [3.05, 3.63) is 28.3 Å². The molecule has 0 radical (unpaired) electrons. The minimum atomic E-state index is -0.761. The van der Waals surface area contributed by atoms with Crippen LogP contribution in [0.1, 0.15) is 66.8 Å². The first-order chi connectivity index (χ1) is 8.73. The summed E-state index contributed by atoms with van der Waals surface area (Å²) in [6.45, 7) is 9.61. The molecule has 1 aliphatic rings. The highest BCUT2D eigenvalue weighted by Gasteiger charge is 2.48. The molecule has 1 atom stereocenters. The van der Waals surface area contributed by atoms with Gasteiger partial charge in [0, 0.05) is 11.1 Å². The van der Waals surface area contributed by atoms with Crippen molar-refractivity contribution in [3.63, 3.8) is 0 Å². The average molecular weight is 262 g/mol. The summed E-state index contributed by atoms with van der Waals surface area (Å²) < 4.78 is 5.38. The van der Waals surface area contributed by atoms with Crippen LogP contribution < -0.4 is 4.74 Å². The first-order valence-corrected chi connectivity index (χ1v) is 6.67. The van der Waals surface area contributed by atoms with Gasteiger partial charge in [-0.05, 0) is 43.9 Å². The maximum absolute atomic E-state index is 12.6. The summed E-state index contributed by atoms with van der Waals surface area (Å²) in [7, 11) is 1.61. The topological polar surface area (TPSA) is 46.5 Å². The molecule has 3 nitrogen and oxygen atoms in total. The molecule has 1 aliphatic carbocycles. The van der Waals surface area contributed by atoms with Crippen molar-refractivity contribution in [2.45, 2.75) is 46.6 Å². The van der Waals surface area contributed by atoms with Crippen molar-refractivity contribution in [1.29, 1.82) is 0 Å². The number of hydrogen-bond donors (Lipinski definition) is 1. The largest absolute Gasteiger partial charge is 0.496 e. The molecule has 1 aromatic rings. The van der Waals surface area contributed by atoms with Crippen molar-refractivity contribution >= 4 is 5.78 Å². The highest BCUT2D eigenvalue weighted by atomic mass is 16.5. The van der Waals surface area contributed by atoms with Crippen LogP contribution in [0.15, 0.2) is 6.07 Å². The Hall–Kier alpha value is -1.35. The van der Waals surface area contributed by atoms with Crippen LogP contribution in [-0.4, -0.2) is 18.0 Å². The fourth-order valence-electron chi connectivity index (χ4n) is 2.88. The molecule has 0 aliphatic heterocycles. The lowest BCUT2D eigenvalue weighted by molar-refractivity contribution is 0.0488. The minimum absolute atomic E-state index is 0.00769. The summed E-state index contributed by atoms with van der Waals surface area (Å²) >= 11 is 0. The predicted molar refractivity (Wildman–Crippen MR) is 74.9 cm³/mol. The molecule has 2 rings (SSSR count). The second-order valence-electron chi connectivity index (χ2n) is 6.19. The number of carbonyl (C=O) groups excluding carboxylic acids is 1. The van der Waals surface area contributed by atoms with E-state index in [1.165, 1.54) is 0 Å². The average Bonchev–Trinajstić information content (AvgIpc) is 2.52. The molecule has 0 saturated heterocycles. The molecule has 0 fully saturated rings. The van der Waals surface area contributed by atoms with E-state index in [0.29, 0.717) is 5.56 Å². The van der Waals surface area contributed by atoms with Gasteiger partial charge in [-0.3, -0.25) is 4.79 Å². The van der Waals surface area contributed by atoms with Crippen LogP contribution >= 0.6 is 0 Å². The molecule has 0 spiro atoms. The van der Waals surface area contributed by atoms with Gasteiger partial charge >= 0.3 is 0 Å². The molecule has 0 aromatic heterocycles. The second kappa shape index (κ2) is 4.34. The van der Waals surface area contributed by atoms with Crippen LogP contribution in [-0.2, 0) is 0 Å². The Morgan fingerprint density at radius 1 is 1.37 bits per heavy atom. The van der Waals surface area contributed by atoms with E-state index in [0.717, 1.165) is 22.4 Å². The fraction of sp³-hybridized carbons (Fsp3) is 0.562. The first kappa shape index (κ1) is 14.1. The van der Waals surface area contributed by atoms with Crippen LogP contribution in [0.25, 0.3) is 0 Å². The molecule has 19 heavy (non-hydrogen) atoms. The minimum Gasteiger partial charge on any atom is -0.496 e. The summed E-state index contributed by atoms with van der Waals surface area (Å²) in [6.07, 6.45) is -0.739. The van der Waals surface area contributed by atoms with Gasteiger partial charge < -0.3 is 9.84 Å². The number of rotatable bonds is 2. The number of hydrogen-bond acceptors (Lipinski definition) is 3. The van der Waals surface area contributed by atoms with E-state index in [1.807, 2.05) is 13.0 Å². The van der Waals surface area contributed by atoms with Gasteiger partial charge in [0.25, 0.3) is 0 Å². The van der Waals surface area contributed by atoms with Crippen LogP contribution in [0.4, 0.5) is 0 Å². The molecule has 1 unspecified atom stereocenters. The Balaban J connectivity index is 2.83. The van der Waals surface area contributed by atoms with E-state index in [2.05, 4.69) is 13.8 Å². The lowest BCUT2D eigenvalue weighted by Crippen LogP contribution is -2.24. The van der Waals surface area contributed by atoms with Crippen molar-refractivity contribution in [3.8, 4) is 5.75 Å². The Bertz CT molecular complexity index is 541. The molecular weight excluding hydrogens is 240 g/mol. The molecule has 3 heteroatoms. The van der Waals surface area contributed by atoms with Crippen LogP contribution in [0.2, 0.25) is 0 Å². The smallest absolute Gasteiger partial charge is 0.172 e. The molecular formula is C16H22O3. The predicted octanol–water partition coefficient (Wildman–Crippen LogP) is 3.38. The first-order valence-electron chi connectivity index (χ1n) is 6.67. The Morgan fingerprint density at radius 2 is 1.95 bits per heavy atom. The molecule has 1 aromatic carbocycles. The van der Waals surface area contributed by atoms with Crippen molar-refractivity contribution < 1.29 is 14.6 Å². The highest BCUT2D eigenvalue weighted by molar-refractivity contribution is 6.07. The van der Waals surface area contributed by atoms with Gasteiger partial charge in [-0.15, -0.1) is 0 Å². The summed E-state index contributed by atoms with van der Waals surface area (Å²) in [4.78, 5) is 12.6. The molecule has 0 heterocycles. The third-order valence-corrected chi connectivity index (χ3v) is 4.22. The highest BCUT2D eigenvalue weighted by Crippen LogP contribution is 2.50. The Labute approximate surface area is 114 Å². The molecule has 0 saturated carbocycles. The summed E-state index contributed by atoms with van der Waals surface area (Å²) in [5, 5.41) is 10.5. The number of aliphatic hydroxyl groups excluding tert-OH is 1. The van der Waals surface area contributed by atoms with E-state index in [4.69, 9.17) is 4.74 Å². The number of aliphatic hydroxyl groups is 1. The number of ketones is 1. The Morgan fingerprint density at radius 3 is 2.42 bits per heavy atom.